The second-order valence-corrected chi connectivity index (χ2v) is 8.75. The summed E-state index contributed by atoms with van der Waals surface area (Å²) in [6, 6.07) is 17.8. The fourth-order valence-electron chi connectivity index (χ4n) is 2.70. The first-order valence-corrected chi connectivity index (χ1v) is 10.3. The van der Waals surface area contributed by atoms with Crippen LogP contribution < -0.4 is 10.5 Å². The van der Waals surface area contributed by atoms with E-state index in [1.54, 1.807) is 0 Å². The molecule has 0 aliphatic heterocycles. The van der Waals surface area contributed by atoms with Crippen LogP contribution in [0.1, 0.15) is 27.2 Å². The van der Waals surface area contributed by atoms with E-state index in [-0.39, 0.29) is 0 Å². The fourth-order valence-corrected chi connectivity index (χ4v) is 5.78. The van der Waals surface area contributed by atoms with Crippen LogP contribution in [-0.4, -0.2) is 20.5 Å². The molecule has 0 fully saturated rings. The standard InChI is InChI=1S/C19H23NO4Si/c1-4-13-25(23-15(2)21,24-16(3)22)19-12-8-11-18(14-19)20-17-9-6-5-7-10-17/h5-12,14,20H,4,13H2,1-3H3. The highest BCUT2D eigenvalue weighted by atomic mass is 28.4. The predicted molar refractivity (Wildman–Crippen MR) is 100 cm³/mol. The summed E-state index contributed by atoms with van der Waals surface area (Å²) in [4.78, 5) is 23.3. The van der Waals surface area contributed by atoms with Crippen molar-refractivity contribution in [3.8, 4) is 0 Å². The molecule has 0 saturated heterocycles. The number of hydrogen-bond acceptors (Lipinski definition) is 5. The van der Waals surface area contributed by atoms with E-state index < -0.39 is 20.5 Å². The van der Waals surface area contributed by atoms with Crippen LogP contribution in [0.4, 0.5) is 11.4 Å². The highest BCUT2D eigenvalue weighted by molar-refractivity contribution is 6.83. The topological polar surface area (TPSA) is 64.6 Å². The zero-order chi connectivity index (χ0) is 18.3. The van der Waals surface area contributed by atoms with E-state index in [2.05, 4.69) is 5.32 Å². The van der Waals surface area contributed by atoms with Crippen molar-refractivity contribution in [2.24, 2.45) is 0 Å². The van der Waals surface area contributed by atoms with Gasteiger partial charge < -0.3 is 14.2 Å². The molecule has 0 atom stereocenters. The average molecular weight is 357 g/mol. The first-order chi connectivity index (χ1) is 11.9. The molecule has 0 bridgehead atoms. The van der Waals surface area contributed by atoms with Gasteiger partial charge in [0.2, 0.25) is 0 Å². The number of para-hydroxylation sites is 1. The number of rotatable bonds is 7. The molecule has 0 heterocycles. The molecule has 0 aliphatic rings. The van der Waals surface area contributed by atoms with Crippen LogP contribution in [0.5, 0.6) is 0 Å². The van der Waals surface area contributed by atoms with Crippen LogP contribution in [0.3, 0.4) is 0 Å². The summed E-state index contributed by atoms with van der Waals surface area (Å²) in [6.45, 7) is 4.65. The molecule has 2 rings (SSSR count). The Kier molecular flexibility index (Phi) is 6.35. The SMILES string of the molecule is CCC[Si](OC(C)=O)(OC(C)=O)c1cccc(Nc2ccccc2)c1. The second-order valence-electron chi connectivity index (χ2n) is 5.76. The molecule has 0 saturated carbocycles. The van der Waals surface area contributed by atoms with Crippen molar-refractivity contribution >= 4 is 37.1 Å². The molecule has 1 N–H and O–H groups in total. The minimum Gasteiger partial charge on any atom is -0.482 e. The first-order valence-electron chi connectivity index (χ1n) is 8.27. The minimum absolute atomic E-state index is 0.442. The summed E-state index contributed by atoms with van der Waals surface area (Å²) in [6.07, 6.45) is 0.739. The Balaban J connectivity index is 2.40. The molecule has 6 heteroatoms. The van der Waals surface area contributed by atoms with Crippen LogP contribution in [-0.2, 0) is 18.4 Å². The summed E-state index contributed by atoms with van der Waals surface area (Å²) in [5.41, 5.74) is 1.79. The number of nitrogens with one attached hydrogen (secondary N) is 1. The summed E-state index contributed by atoms with van der Waals surface area (Å²) in [7, 11) is -3.19. The third-order valence-corrected chi connectivity index (χ3v) is 7.14. The maximum Gasteiger partial charge on any atom is 0.499 e. The van der Waals surface area contributed by atoms with Gasteiger partial charge in [0.25, 0.3) is 11.9 Å². The summed E-state index contributed by atoms with van der Waals surface area (Å²) in [5, 5.41) is 4.06. The van der Waals surface area contributed by atoms with Gasteiger partial charge in [-0.15, -0.1) is 0 Å². The molecule has 2 aromatic carbocycles. The summed E-state index contributed by atoms with van der Waals surface area (Å²) < 4.78 is 11.2. The molecule has 5 nitrogen and oxygen atoms in total. The van der Waals surface area contributed by atoms with Gasteiger partial charge in [0.15, 0.2) is 0 Å². The number of carbonyl (C=O) groups excluding carboxylic acids is 2. The van der Waals surface area contributed by atoms with Crippen LogP contribution in [0, 0.1) is 0 Å². The van der Waals surface area contributed by atoms with Gasteiger partial charge in [0.1, 0.15) is 0 Å². The van der Waals surface area contributed by atoms with Crippen LogP contribution in [0.15, 0.2) is 54.6 Å². The third kappa shape index (κ3) is 5.19. The van der Waals surface area contributed by atoms with Crippen molar-refractivity contribution in [1.82, 2.24) is 0 Å². The van der Waals surface area contributed by atoms with Gasteiger partial charge in [0.05, 0.1) is 0 Å². The second kappa shape index (κ2) is 8.48. The molecule has 0 spiro atoms. The Bertz CT molecular complexity index is 717. The van der Waals surface area contributed by atoms with Crippen molar-refractivity contribution in [3.63, 3.8) is 0 Å². The normalized spacial score (nSPS) is 10.8. The van der Waals surface area contributed by atoms with E-state index in [0.717, 1.165) is 23.0 Å². The van der Waals surface area contributed by atoms with Gasteiger partial charge in [0, 0.05) is 36.5 Å². The third-order valence-electron chi connectivity index (χ3n) is 3.56. The molecular weight excluding hydrogens is 334 g/mol. The van der Waals surface area contributed by atoms with Crippen molar-refractivity contribution in [2.75, 3.05) is 5.32 Å². The molecule has 0 amide bonds. The fraction of sp³-hybridized carbons (Fsp3) is 0.263. The van der Waals surface area contributed by atoms with Crippen molar-refractivity contribution < 1.29 is 18.4 Å². The smallest absolute Gasteiger partial charge is 0.482 e. The van der Waals surface area contributed by atoms with Crippen molar-refractivity contribution in [2.45, 2.75) is 33.2 Å². The van der Waals surface area contributed by atoms with E-state index in [9.17, 15) is 9.59 Å². The van der Waals surface area contributed by atoms with Gasteiger partial charge in [-0.25, -0.2) is 0 Å². The number of benzene rings is 2. The maximum absolute atomic E-state index is 11.7. The Morgan fingerprint density at radius 2 is 1.52 bits per heavy atom. The lowest BCUT2D eigenvalue weighted by Gasteiger charge is -2.29. The Labute approximate surface area is 149 Å². The van der Waals surface area contributed by atoms with Gasteiger partial charge in [-0.05, 0) is 24.3 Å². The molecule has 0 radical (unpaired) electrons. The van der Waals surface area contributed by atoms with E-state index in [1.165, 1.54) is 13.8 Å². The molecule has 0 aliphatic carbocycles. The van der Waals surface area contributed by atoms with Gasteiger partial charge >= 0.3 is 8.56 Å². The quantitative estimate of drug-likeness (QED) is 0.767. The predicted octanol–water partition coefficient (Wildman–Crippen LogP) is 3.62. The Morgan fingerprint density at radius 3 is 2.08 bits per heavy atom. The van der Waals surface area contributed by atoms with E-state index >= 15 is 0 Å². The first kappa shape index (κ1) is 18.7. The van der Waals surface area contributed by atoms with E-state index in [0.29, 0.717) is 6.04 Å². The Morgan fingerprint density at radius 1 is 0.920 bits per heavy atom. The maximum atomic E-state index is 11.7. The molecule has 0 unspecified atom stereocenters. The molecule has 0 aromatic heterocycles. The zero-order valence-corrected chi connectivity index (χ0v) is 15.7. The molecule has 2 aromatic rings. The zero-order valence-electron chi connectivity index (χ0n) is 14.7. The van der Waals surface area contributed by atoms with Crippen LogP contribution >= 0.6 is 0 Å². The monoisotopic (exact) mass is 357 g/mol. The van der Waals surface area contributed by atoms with Gasteiger partial charge in [-0.2, -0.15) is 0 Å². The molecular formula is C19H23NO4Si. The number of hydrogen-bond donors (Lipinski definition) is 1. The molecule has 25 heavy (non-hydrogen) atoms. The minimum atomic E-state index is -3.19. The van der Waals surface area contributed by atoms with E-state index in [1.807, 2.05) is 61.5 Å². The van der Waals surface area contributed by atoms with Crippen molar-refractivity contribution in [3.05, 3.63) is 54.6 Å². The molecule has 132 valence electrons. The van der Waals surface area contributed by atoms with Gasteiger partial charge in [-0.1, -0.05) is 43.7 Å². The number of carbonyl (C=O) groups is 2. The lowest BCUT2D eigenvalue weighted by atomic mass is 10.3. The Hall–Kier alpha value is -2.60. The summed E-state index contributed by atoms with van der Waals surface area (Å²) in [5.74, 6) is -0.884. The van der Waals surface area contributed by atoms with Gasteiger partial charge in [-0.3, -0.25) is 9.59 Å². The van der Waals surface area contributed by atoms with E-state index in [4.69, 9.17) is 8.85 Å². The lowest BCUT2D eigenvalue weighted by molar-refractivity contribution is -0.138. The lowest BCUT2D eigenvalue weighted by Crippen LogP contribution is -2.55. The average Bonchev–Trinajstić information content (AvgIpc) is 2.55. The number of anilines is 2. The van der Waals surface area contributed by atoms with Crippen molar-refractivity contribution in [1.29, 1.82) is 0 Å². The highest BCUT2D eigenvalue weighted by Crippen LogP contribution is 2.21. The summed E-state index contributed by atoms with van der Waals surface area (Å²) >= 11 is 0. The highest BCUT2D eigenvalue weighted by Gasteiger charge is 2.45. The largest absolute Gasteiger partial charge is 0.499 e. The van der Waals surface area contributed by atoms with Crippen LogP contribution in [0.25, 0.3) is 0 Å². The van der Waals surface area contributed by atoms with Crippen LogP contribution in [0.2, 0.25) is 6.04 Å².